The van der Waals surface area contributed by atoms with Gasteiger partial charge in [0.05, 0.1) is 5.56 Å². The first-order valence-electron chi connectivity index (χ1n) is 10.3. The van der Waals surface area contributed by atoms with Gasteiger partial charge in [0.15, 0.2) is 0 Å². The van der Waals surface area contributed by atoms with Crippen molar-refractivity contribution in [2.75, 3.05) is 10.6 Å². The van der Waals surface area contributed by atoms with Crippen molar-refractivity contribution in [3.05, 3.63) is 59.9 Å². The second-order valence-corrected chi connectivity index (χ2v) is 7.95. The Bertz CT molecular complexity index is 1040. The van der Waals surface area contributed by atoms with Crippen molar-refractivity contribution in [3.63, 3.8) is 0 Å². The van der Waals surface area contributed by atoms with Gasteiger partial charge in [0.2, 0.25) is 11.9 Å². The second-order valence-electron chi connectivity index (χ2n) is 7.95. The van der Waals surface area contributed by atoms with Crippen LogP contribution >= 0.6 is 0 Å². The first-order valence-corrected chi connectivity index (χ1v) is 10.3. The highest BCUT2D eigenvalue weighted by atomic mass is 19.4. The fourth-order valence-electron chi connectivity index (χ4n) is 4.20. The van der Waals surface area contributed by atoms with E-state index < -0.39 is 11.7 Å². The minimum Gasteiger partial charge on any atom is -0.351 e. The molecule has 0 saturated heterocycles. The summed E-state index contributed by atoms with van der Waals surface area (Å²) in [6.07, 6.45) is 1.37. The predicted molar refractivity (Wildman–Crippen MR) is 112 cm³/mol. The standard InChI is InChI=1S/C22H22F3N5O2/c1-2-19(31)28-16-7-6-13-12-30(20(32)18(13)9-16)17-5-3-4-15(8-17)29-21-26-10-14(11-27-21)22(23,24)25/h2,6-7,9-11,15,17H,1,3-5,8,12H2,(H,28,31)(H,26,27,29)/t15-,17+/m1/s1. The molecule has 0 bridgehead atoms. The van der Waals surface area contributed by atoms with E-state index in [9.17, 15) is 22.8 Å². The molecule has 32 heavy (non-hydrogen) atoms. The molecule has 2 aliphatic rings. The minimum atomic E-state index is -4.48. The van der Waals surface area contributed by atoms with Crippen molar-refractivity contribution in [2.45, 2.75) is 50.5 Å². The van der Waals surface area contributed by atoms with Gasteiger partial charge in [0, 0.05) is 42.3 Å². The van der Waals surface area contributed by atoms with Crippen molar-refractivity contribution in [1.29, 1.82) is 0 Å². The van der Waals surface area contributed by atoms with Gasteiger partial charge < -0.3 is 15.5 Å². The van der Waals surface area contributed by atoms with E-state index in [1.165, 1.54) is 0 Å². The van der Waals surface area contributed by atoms with E-state index in [0.717, 1.165) is 43.3 Å². The number of carbonyl (C=O) groups is 2. The third-order valence-corrected chi connectivity index (χ3v) is 5.79. The molecule has 1 aliphatic heterocycles. The first kappa shape index (κ1) is 21.8. The number of halogens is 3. The molecular formula is C22H22F3N5O2. The fraction of sp³-hybridized carbons (Fsp3) is 0.364. The van der Waals surface area contributed by atoms with E-state index in [1.807, 2.05) is 11.0 Å². The molecule has 7 nitrogen and oxygen atoms in total. The van der Waals surface area contributed by atoms with Crippen molar-refractivity contribution >= 4 is 23.5 Å². The van der Waals surface area contributed by atoms with Crippen LogP contribution in [0.4, 0.5) is 24.8 Å². The van der Waals surface area contributed by atoms with Crippen LogP contribution in [0.2, 0.25) is 0 Å². The number of fused-ring (bicyclic) bond motifs is 1. The largest absolute Gasteiger partial charge is 0.419 e. The summed E-state index contributed by atoms with van der Waals surface area (Å²) >= 11 is 0. The molecule has 0 unspecified atom stereocenters. The van der Waals surface area contributed by atoms with Crippen molar-refractivity contribution in [1.82, 2.24) is 14.9 Å². The topological polar surface area (TPSA) is 87.2 Å². The van der Waals surface area contributed by atoms with Crippen LogP contribution in [0, 0.1) is 0 Å². The Labute approximate surface area is 182 Å². The van der Waals surface area contributed by atoms with E-state index in [2.05, 4.69) is 27.2 Å². The van der Waals surface area contributed by atoms with Gasteiger partial charge in [-0.05, 0) is 49.5 Å². The third-order valence-electron chi connectivity index (χ3n) is 5.79. The predicted octanol–water partition coefficient (Wildman–Crippen LogP) is 4.00. The molecule has 1 aliphatic carbocycles. The van der Waals surface area contributed by atoms with Crippen LogP contribution in [0.25, 0.3) is 0 Å². The molecule has 1 aromatic carbocycles. The Hall–Kier alpha value is -3.43. The van der Waals surface area contributed by atoms with Gasteiger partial charge in [-0.25, -0.2) is 9.97 Å². The lowest BCUT2D eigenvalue weighted by atomic mass is 9.90. The number of anilines is 2. The Morgan fingerprint density at radius 1 is 1.22 bits per heavy atom. The zero-order valence-corrected chi connectivity index (χ0v) is 17.2. The Morgan fingerprint density at radius 2 is 1.97 bits per heavy atom. The zero-order valence-electron chi connectivity index (χ0n) is 17.2. The smallest absolute Gasteiger partial charge is 0.351 e. The molecule has 2 atom stereocenters. The number of aromatic nitrogens is 2. The molecule has 2 aromatic rings. The van der Waals surface area contributed by atoms with E-state index in [1.54, 1.807) is 12.1 Å². The van der Waals surface area contributed by atoms with Gasteiger partial charge in [-0.2, -0.15) is 13.2 Å². The molecule has 2 amide bonds. The number of amides is 2. The highest BCUT2D eigenvalue weighted by molar-refractivity contribution is 6.02. The maximum absolute atomic E-state index is 13.0. The molecule has 2 heterocycles. The van der Waals surface area contributed by atoms with Crippen LogP contribution in [0.1, 0.15) is 47.2 Å². The van der Waals surface area contributed by atoms with Gasteiger partial charge in [0.1, 0.15) is 0 Å². The van der Waals surface area contributed by atoms with Crippen molar-refractivity contribution in [2.24, 2.45) is 0 Å². The summed E-state index contributed by atoms with van der Waals surface area (Å²) < 4.78 is 38.1. The maximum atomic E-state index is 13.0. The molecule has 0 radical (unpaired) electrons. The summed E-state index contributed by atoms with van der Waals surface area (Å²) in [5, 5.41) is 5.76. The zero-order chi connectivity index (χ0) is 22.9. The van der Waals surface area contributed by atoms with Crippen LogP contribution in [0.15, 0.2) is 43.2 Å². The molecule has 1 fully saturated rings. The van der Waals surface area contributed by atoms with E-state index in [0.29, 0.717) is 24.2 Å². The van der Waals surface area contributed by atoms with Crippen molar-refractivity contribution in [3.8, 4) is 0 Å². The lowest BCUT2D eigenvalue weighted by molar-refractivity contribution is -0.138. The minimum absolute atomic E-state index is 0.0122. The van der Waals surface area contributed by atoms with Crippen LogP contribution < -0.4 is 10.6 Å². The number of nitrogens with zero attached hydrogens (tertiary/aromatic N) is 3. The monoisotopic (exact) mass is 445 g/mol. The molecular weight excluding hydrogens is 423 g/mol. The summed E-state index contributed by atoms with van der Waals surface area (Å²) in [6.45, 7) is 3.90. The normalized spacial score (nSPS) is 20.6. The molecule has 1 saturated carbocycles. The summed E-state index contributed by atoms with van der Waals surface area (Å²) in [7, 11) is 0. The van der Waals surface area contributed by atoms with E-state index in [4.69, 9.17) is 0 Å². The summed E-state index contributed by atoms with van der Waals surface area (Å²) in [4.78, 5) is 34.0. The average molecular weight is 445 g/mol. The summed E-state index contributed by atoms with van der Waals surface area (Å²) in [5.41, 5.74) is 1.10. The number of alkyl halides is 3. The molecule has 0 spiro atoms. The third kappa shape index (κ3) is 4.58. The average Bonchev–Trinajstić information content (AvgIpc) is 3.10. The Morgan fingerprint density at radius 3 is 2.66 bits per heavy atom. The van der Waals surface area contributed by atoms with E-state index >= 15 is 0 Å². The van der Waals surface area contributed by atoms with Gasteiger partial charge in [0.25, 0.3) is 5.91 Å². The molecule has 10 heteroatoms. The van der Waals surface area contributed by atoms with Gasteiger partial charge in [-0.15, -0.1) is 0 Å². The lowest BCUT2D eigenvalue weighted by Gasteiger charge is -2.35. The van der Waals surface area contributed by atoms with Gasteiger partial charge in [-0.3, -0.25) is 9.59 Å². The fourth-order valence-corrected chi connectivity index (χ4v) is 4.20. The molecule has 168 valence electrons. The summed E-state index contributed by atoms with van der Waals surface area (Å²) in [6, 6.07) is 5.20. The lowest BCUT2D eigenvalue weighted by Crippen LogP contribution is -2.42. The molecule has 4 rings (SSSR count). The SMILES string of the molecule is C=CC(=O)Nc1ccc2c(c1)C(=O)N([C@H]1CCC[C@@H](Nc3ncc(C(F)(F)F)cn3)C1)C2. The van der Waals surface area contributed by atoms with Crippen LogP contribution in [-0.2, 0) is 17.5 Å². The highest BCUT2D eigenvalue weighted by Gasteiger charge is 2.36. The number of hydrogen-bond donors (Lipinski definition) is 2. The van der Waals surface area contributed by atoms with Gasteiger partial charge in [-0.1, -0.05) is 12.6 Å². The first-order chi connectivity index (χ1) is 15.2. The quantitative estimate of drug-likeness (QED) is 0.680. The van der Waals surface area contributed by atoms with Crippen LogP contribution in [0.3, 0.4) is 0 Å². The second kappa shape index (κ2) is 8.60. The van der Waals surface area contributed by atoms with Crippen LogP contribution in [0.5, 0.6) is 0 Å². The molecule has 1 aromatic heterocycles. The Kier molecular flexibility index (Phi) is 5.86. The number of rotatable bonds is 5. The maximum Gasteiger partial charge on any atom is 0.419 e. The molecule has 2 N–H and O–H groups in total. The highest BCUT2D eigenvalue weighted by Crippen LogP contribution is 2.33. The number of hydrogen-bond acceptors (Lipinski definition) is 5. The number of nitrogens with one attached hydrogen (secondary N) is 2. The van der Waals surface area contributed by atoms with Crippen molar-refractivity contribution < 1.29 is 22.8 Å². The number of benzene rings is 1. The summed E-state index contributed by atoms with van der Waals surface area (Å²) in [5.74, 6) is -0.299. The number of carbonyl (C=O) groups excluding carboxylic acids is 2. The van der Waals surface area contributed by atoms with Gasteiger partial charge >= 0.3 is 6.18 Å². The van der Waals surface area contributed by atoms with Crippen LogP contribution in [-0.4, -0.2) is 38.8 Å². The van der Waals surface area contributed by atoms with E-state index in [-0.39, 0.29) is 29.8 Å². The Balaban J connectivity index is 1.41.